The summed E-state index contributed by atoms with van der Waals surface area (Å²) in [5.41, 5.74) is 4.67. The van der Waals surface area contributed by atoms with Crippen molar-refractivity contribution < 1.29 is 13.9 Å². The van der Waals surface area contributed by atoms with E-state index in [1.165, 1.54) is 11.1 Å². The summed E-state index contributed by atoms with van der Waals surface area (Å²) in [6.07, 6.45) is 1.87. The standard InChI is InChI=1S/C21H22ClNO3/c1-12(2)16-10-17-14(11-26-20(17)7-13(16)3)8-21(24)23-18-9-15(22)5-6-19(18)25-4/h5-7,9-12H,8H2,1-4H3,(H,23,24). The van der Waals surface area contributed by atoms with Crippen LogP contribution in [0.2, 0.25) is 5.02 Å². The Kier molecular flexibility index (Phi) is 5.23. The van der Waals surface area contributed by atoms with Gasteiger partial charge in [-0.05, 0) is 54.3 Å². The van der Waals surface area contributed by atoms with Crippen molar-refractivity contribution in [2.75, 3.05) is 12.4 Å². The molecule has 5 heteroatoms. The average Bonchev–Trinajstić information content (AvgIpc) is 2.95. The Hall–Kier alpha value is -2.46. The summed E-state index contributed by atoms with van der Waals surface area (Å²) in [4.78, 5) is 12.5. The maximum atomic E-state index is 12.5. The molecule has 4 nitrogen and oxygen atoms in total. The first kappa shape index (κ1) is 18.3. The van der Waals surface area contributed by atoms with Crippen LogP contribution in [0.1, 0.15) is 36.5 Å². The van der Waals surface area contributed by atoms with Gasteiger partial charge in [0.1, 0.15) is 11.3 Å². The molecule has 0 bridgehead atoms. The molecule has 0 aliphatic heterocycles. The maximum absolute atomic E-state index is 12.5. The number of methoxy groups -OCH3 is 1. The van der Waals surface area contributed by atoms with Crippen LogP contribution in [-0.2, 0) is 11.2 Å². The van der Waals surface area contributed by atoms with Crippen molar-refractivity contribution in [1.29, 1.82) is 0 Å². The number of ether oxygens (including phenoxy) is 1. The van der Waals surface area contributed by atoms with E-state index in [9.17, 15) is 4.79 Å². The van der Waals surface area contributed by atoms with E-state index in [-0.39, 0.29) is 12.3 Å². The minimum atomic E-state index is -0.153. The fraction of sp³-hybridized carbons (Fsp3) is 0.286. The van der Waals surface area contributed by atoms with Crippen molar-refractivity contribution >= 4 is 34.2 Å². The zero-order valence-electron chi connectivity index (χ0n) is 15.4. The molecule has 2 aromatic carbocycles. The number of halogens is 1. The van der Waals surface area contributed by atoms with Crippen molar-refractivity contribution in [3.05, 3.63) is 58.3 Å². The molecule has 1 aromatic heterocycles. The molecular formula is C21H22ClNO3. The zero-order chi connectivity index (χ0) is 18.8. The second kappa shape index (κ2) is 7.42. The van der Waals surface area contributed by atoms with Crippen LogP contribution in [-0.4, -0.2) is 13.0 Å². The molecule has 0 aliphatic carbocycles. The molecule has 0 saturated heterocycles. The molecule has 26 heavy (non-hydrogen) atoms. The van der Waals surface area contributed by atoms with Crippen LogP contribution in [0.15, 0.2) is 41.0 Å². The Bertz CT molecular complexity index is 959. The van der Waals surface area contributed by atoms with Gasteiger partial charge in [0.05, 0.1) is 25.5 Å². The van der Waals surface area contributed by atoms with Crippen LogP contribution >= 0.6 is 11.6 Å². The van der Waals surface area contributed by atoms with E-state index in [1.807, 2.05) is 6.07 Å². The molecule has 136 valence electrons. The molecule has 0 aliphatic rings. The SMILES string of the molecule is COc1ccc(Cl)cc1NC(=O)Cc1coc2cc(C)c(C(C)C)cc12. The van der Waals surface area contributed by atoms with Crippen LogP contribution in [0.3, 0.4) is 0 Å². The summed E-state index contributed by atoms with van der Waals surface area (Å²) < 4.78 is 10.9. The lowest BCUT2D eigenvalue weighted by molar-refractivity contribution is -0.115. The van der Waals surface area contributed by atoms with E-state index in [1.54, 1.807) is 31.6 Å². The summed E-state index contributed by atoms with van der Waals surface area (Å²) in [6.45, 7) is 6.40. The maximum Gasteiger partial charge on any atom is 0.229 e. The Balaban J connectivity index is 1.86. The fourth-order valence-corrected chi connectivity index (χ4v) is 3.32. The number of carbonyl (C=O) groups excluding carboxylic acids is 1. The van der Waals surface area contributed by atoms with Gasteiger partial charge in [-0.3, -0.25) is 4.79 Å². The monoisotopic (exact) mass is 371 g/mol. The van der Waals surface area contributed by atoms with E-state index in [4.69, 9.17) is 20.8 Å². The molecule has 0 atom stereocenters. The normalized spacial score (nSPS) is 11.2. The molecule has 0 saturated carbocycles. The number of fused-ring (bicyclic) bond motifs is 1. The van der Waals surface area contributed by atoms with Gasteiger partial charge < -0.3 is 14.5 Å². The largest absolute Gasteiger partial charge is 0.495 e. The molecule has 3 rings (SSSR count). The third kappa shape index (κ3) is 3.70. The second-order valence-electron chi connectivity index (χ2n) is 6.69. The number of anilines is 1. The number of hydrogen-bond acceptors (Lipinski definition) is 3. The predicted molar refractivity (Wildman–Crippen MR) is 105 cm³/mol. The van der Waals surface area contributed by atoms with Gasteiger partial charge in [0.2, 0.25) is 5.91 Å². The topological polar surface area (TPSA) is 51.5 Å². The molecule has 1 amide bonds. The third-order valence-corrected chi connectivity index (χ3v) is 4.69. The van der Waals surface area contributed by atoms with Crippen LogP contribution in [0.5, 0.6) is 5.75 Å². The molecule has 0 radical (unpaired) electrons. The van der Waals surface area contributed by atoms with Gasteiger partial charge in [-0.15, -0.1) is 0 Å². The average molecular weight is 372 g/mol. The predicted octanol–water partition coefficient (Wildman–Crippen LogP) is 5.71. The molecule has 1 heterocycles. The lowest BCUT2D eigenvalue weighted by Gasteiger charge is -2.11. The van der Waals surface area contributed by atoms with Gasteiger partial charge in [0, 0.05) is 16.0 Å². The highest BCUT2D eigenvalue weighted by Gasteiger charge is 2.15. The highest BCUT2D eigenvalue weighted by atomic mass is 35.5. The summed E-state index contributed by atoms with van der Waals surface area (Å²) in [7, 11) is 1.55. The Morgan fingerprint density at radius 1 is 1.27 bits per heavy atom. The first-order valence-electron chi connectivity index (χ1n) is 8.53. The van der Waals surface area contributed by atoms with Gasteiger partial charge in [-0.1, -0.05) is 25.4 Å². The molecule has 0 fully saturated rings. The van der Waals surface area contributed by atoms with Crippen molar-refractivity contribution in [1.82, 2.24) is 0 Å². The van der Waals surface area contributed by atoms with E-state index < -0.39 is 0 Å². The van der Waals surface area contributed by atoms with Crippen LogP contribution in [0.4, 0.5) is 5.69 Å². The lowest BCUT2D eigenvalue weighted by atomic mass is 9.95. The van der Waals surface area contributed by atoms with Gasteiger partial charge in [0.15, 0.2) is 0 Å². The molecule has 0 spiro atoms. The Morgan fingerprint density at radius 3 is 2.73 bits per heavy atom. The highest BCUT2D eigenvalue weighted by molar-refractivity contribution is 6.31. The summed E-state index contributed by atoms with van der Waals surface area (Å²) in [5, 5.41) is 4.38. The number of carbonyl (C=O) groups is 1. The molecule has 0 unspecified atom stereocenters. The second-order valence-corrected chi connectivity index (χ2v) is 7.13. The summed E-state index contributed by atoms with van der Waals surface area (Å²) >= 11 is 6.02. The fourth-order valence-electron chi connectivity index (χ4n) is 3.15. The number of aryl methyl sites for hydroxylation is 1. The zero-order valence-corrected chi connectivity index (χ0v) is 16.1. The summed E-state index contributed by atoms with van der Waals surface area (Å²) in [5.74, 6) is 0.823. The van der Waals surface area contributed by atoms with Gasteiger partial charge in [0.25, 0.3) is 0 Å². The third-order valence-electron chi connectivity index (χ3n) is 4.45. The van der Waals surface area contributed by atoms with E-state index in [0.717, 1.165) is 16.5 Å². The minimum Gasteiger partial charge on any atom is -0.495 e. The van der Waals surface area contributed by atoms with Gasteiger partial charge >= 0.3 is 0 Å². The smallest absolute Gasteiger partial charge is 0.229 e. The quantitative estimate of drug-likeness (QED) is 0.625. The van der Waals surface area contributed by atoms with E-state index in [2.05, 4.69) is 32.2 Å². The van der Waals surface area contributed by atoms with Crippen molar-refractivity contribution in [3.63, 3.8) is 0 Å². The molecular weight excluding hydrogens is 350 g/mol. The minimum absolute atomic E-state index is 0.153. The number of furan rings is 1. The highest BCUT2D eigenvalue weighted by Crippen LogP contribution is 2.30. The number of amides is 1. The van der Waals surface area contributed by atoms with Crippen molar-refractivity contribution in [2.24, 2.45) is 0 Å². The van der Waals surface area contributed by atoms with Crippen LogP contribution < -0.4 is 10.1 Å². The first-order valence-corrected chi connectivity index (χ1v) is 8.91. The number of hydrogen-bond donors (Lipinski definition) is 1. The number of rotatable bonds is 5. The van der Waals surface area contributed by atoms with E-state index >= 15 is 0 Å². The van der Waals surface area contributed by atoms with E-state index in [0.29, 0.717) is 22.4 Å². The summed E-state index contributed by atoms with van der Waals surface area (Å²) in [6, 6.07) is 9.28. The molecule has 1 N–H and O–H groups in total. The first-order chi connectivity index (χ1) is 12.4. The van der Waals surface area contributed by atoms with Crippen LogP contribution in [0, 0.1) is 6.92 Å². The van der Waals surface area contributed by atoms with Gasteiger partial charge in [-0.25, -0.2) is 0 Å². The van der Waals surface area contributed by atoms with Crippen LogP contribution in [0.25, 0.3) is 11.0 Å². The lowest BCUT2D eigenvalue weighted by Crippen LogP contribution is -2.14. The van der Waals surface area contributed by atoms with Crippen molar-refractivity contribution in [3.8, 4) is 5.75 Å². The number of benzene rings is 2. The Morgan fingerprint density at radius 2 is 2.04 bits per heavy atom. The Labute approximate surface area is 158 Å². The van der Waals surface area contributed by atoms with Crippen molar-refractivity contribution in [2.45, 2.75) is 33.1 Å². The number of nitrogens with one attached hydrogen (secondary N) is 1. The molecule has 3 aromatic rings. The van der Waals surface area contributed by atoms with Gasteiger partial charge in [-0.2, -0.15) is 0 Å².